The summed E-state index contributed by atoms with van der Waals surface area (Å²) >= 11 is 0. The van der Waals surface area contributed by atoms with Crippen LogP contribution in [0.1, 0.15) is 141 Å². The number of carboxylic acid groups (broad SMARTS) is 1. The number of nitrogens with zero attached hydrogens (tertiary/aromatic N) is 12. The number of nitrogens with two attached hydrogens (primary N) is 1. The molecule has 13 heterocycles. The molecular formula is C85H126N22O29. The average molecular weight is 1920 g/mol. The lowest BCUT2D eigenvalue weighted by Crippen LogP contribution is -2.57. The number of nitrogens with one attached hydrogen (secondary N) is 9. The molecule has 0 aliphatic carbocycles. The zero-order valence-corrected chi connectivity index (χ0v) is 75.6. The summed E-state index contributed by atoms with van der Waals surface area (Å²) in [4.78, 5) is 304. The van der Waals surface area contributed by atoms with Crippen molar-refractivity contribution in [1.82, 2.24) is 107 Å². The summed E-state index contributed by atoms with van der Waals surface area (Å²) in [5.41, 5.74) is 5.76. The number of β-amino-alcohol motifs (C(OH)–C–C–N with tert-alkyl or cyclic N) is 7. The number of aliphatic hydroxyl groups excluding tert-OH is 7. The number of hydrogen-bond acceptors (Lipinski definition) is 30. The van der Waals surface area contributed by atoms with Crippen LogP contribution in [0.25, 0.3) is 0 Å². The van der Waals surface area contributed by atoms with E-state index in [9.17, 15) is 136 Å². The van der Waals surface area contributed by atoms with Gasteiger partial charge >= 0.3 is 5.97 Å². The predicted molar refractivity (Wildman–Crippen MR) is 461 cm³/mol. The summed E-state index contributed by atoms with van der Waals surface area (Å²) in [5.74, 6) is -16.1. The number of aliphatic carboxylic acids is 1. The summed E-state index contributed by atoms with van der Waals surface area (Å²) in [7, 11) is 0. The van der Waals surface area contributed by atoms with Gasteiger partial charge < -0.3 is 153 Å². The molecule has 0 aromatic carbocycles. The Hall–Kier alpha value is -11.5. The van der Waals surface area contributed by atoms with E-state index >= 15 is 0 Å². The maximum atomic E-state index is 14.5. The molecule has 13 fully saturated rings. The third-order valence-electron chi connectivity index (χ3n) is 28.2. The molecule has 0 saturated carbocycles. The molecule has 51 heteroatoms. The van der Waals surface area contributed by atoms with E-state index in [0.717, 1.165) is 35.8 Å². The first-order chi connectivity index (χ1) is 64.9. The normalized spacial score (nSPS) is 30.0. The molecule has 13 aliphatic rings. The third-order valence-corrected chi connectivity index (χ3v) is 28.2. The monoisotopic (exact) mass is 1920 g/mol. The van der Waals surface area contributed by atoms with Gasteiger partial charge in [-0.05, 0) is 109 Å². The second-order valence-corrected chi connectivity index (χ2v) is 37.5. The minimum atomic E-state index is -1.38. The molecule has 13 saturated heterocycles. The summed E-state index contributed by atoms with van der Waals surface area (Å²) in [5, 5.41) is 107. The van der Waals surface area contributed by atoms with Crippen LogP contribution >= 0.6 is 0 Å². The van der Waals surface area contributed by atoms with E-state index in [-0.39, 0.29) is 181 Å². The number of carboxylic acids is 1. The van der Waals surface area contributed by atoms with E-state index in [2.05, 4.69) is 47.9 Å². The topological polar surface area (TPSA) is 693 Å². The van der Waals surface area contributed by atoms with Crippen molar-refractivity contribution in [1.29, 1.82) is 0 Å². The number of carbonyl (C=O) groups is 21. The SMILES string of the molecule is NCCCC[C@H](NC(=O)CNC(=O)[C@@H]1C[C@@H](O)CN1C(=O)[C@@H]1CCCN1C(=O)CNC(=O)[C@@H]1C[C@@H](O)CN1C(=O)[C@@H]1CCCN1C(=O)CNC(=O)[C@@H]1C[C@@H](O)CN1C(=O)[C@@H]1CCCN1C(=O)CNC(=O)[C@@H]1C[C@@H](O)CN1C(=O)[C@@H]1CCCN1C(=O)CNC(=O)[C@@H]1C[C@@H](O)CN1C(=O)[C@@H]1CCCN1)C(=O)N1C[C@H](O)C[C@H]1C(=O)NCC(=O)N1CCC[C@H]1C(=O)N1C[C@H](O)C[C@H]1C(=O)NCC(=O)O. The first-order valence-corrected chi connectivity index (χ1v) is 47.2. The molecule has 51 nitrogen and oxygen atoms in total. The van der Waals surface area contributed by atoms with Crippen molar-refractivity contribution in [2.24, 2.45) is 5.73 Å². The lowest BCUT2D eigenvalue weighted by atomic mass is 10.1. The van der Waals surface area contributed by atoms with Gasteiger partial charge in [0, 0.05) is 123 Å². The Morgan fingerprint density at radius 1 is 0.287 bits per heavy atom. The van der Waals surface area contributed by atoms with Gasteiger partial charge in [-0.1, -0.05) is 0 Å². The van der Waals surface area contributed by atoms with Gasteiger partial charge in [-0.25, -0.2) is 0 Å². The van der Waals surface area contributed by atoms with Crippen LogP contribution in [0.4, 0.5) is 0 Å². The Balaban J connectivity index is 0.540. The predicted octanol–water partition coefficient (Wildman–Crippen LogP) is -14.1. The molecule has 21 atom stereocenters. The molecule has 0 aromatic rings. The highest BCUT2D eigenvalue weighted by atomic mass is 16.4. The van der Waals surface area contributed by atoms with Crippen molar-refractivity contribution in [2.75, 3.05) is 137 Å². The molecule has 0 radical (unpaired) electrons. The highest BCUT2D eigenvalue weighted by Crippen LogP contribution is 2.34. The fourth-order valence-corrected chi connectivity index (χ4v) is 21.5. The van der Waals surface area contributed by atoms with E-state index < -0.39 is 291 Å². The molecule has 13 rings (SSSR count). The van der Waals surface area contributed by atoms with Gasteiger partial charge in [0.1, 0.15) is 85.1 Å². The number of aliphatic hydroxyl groups is 7. The van der Waals surface area contributed by atoms with Gasteiger partial charge in [-0.2, -0.15) is 0 Å². The summed E-state index contributed by atoms with van der Waals surface area (Å²) in [6, 6.07) is -16.5. The molecule has 20 amide bonds. The van der Waals surface area contributed by atoms with Crippen molar-refractivity contribution in [2.45, 2.75) is 269 Å². The fourth-order valence-electron chi connectivity index (χ4n) is 21.5. The molecule has 0 unspecified atom stereocenters. The molecule has 0 bridgehead atoms. The highest BCUT2D eigenvalue weighted by Gasteiger charge is 2.54. The minimum absolute atomic E-state index is 0.0163. The lowest BCUT2D eigenvalue weighted by molar-refractivity contribution is -0.148. The fraction of sp³-hybridized carbons (Fsp3) is 0.753. The second-order valence-electron chi connectivity index (χ2n) is 37.5. The van der Waals surface area contributed by atoms with Crippen LogP contribution in [0.5, 0.6) is 0 Å². The first-order valence-electron chi connectivity index (χ1n) is 47.2. The van der Waals surface area contributed by atoms with E-state index in [1.165, 1.54) is 29.4 Å². The van der Waals surface area contributed by atoms with E-state index in [4.69, 9.17) is 10.8 Å². The lowest BCUT2D eigenvalue weighted by Gasteiger charge is -2.32. The molecule has 750 valence electrons. The van der Waals surface area contributed by atoms with Gasteiger partial charge in [0.25, 0.3) is 0 Å². The van der Waals surface area contributed by atoms with Crippen LogP contribution in [-0.2, 0) is 101 Å². The number of likely N-dealkylation sites (tertiary alicyclic amines) is 12. The number of hydrogen-bond donors (Lipinski definition) is 18. The molecule has 0 aromatic heterocycles. The van der Waals surface area contributed by atoms with E-state index in [1.54, 1.807) is 0 Å². The zero-order valence-electron chi connectivity index (χ0n) is 75.6. The first kappa shape index (κ1) is 102. The zero-order chi connectivity index (χ0) is 97.9. The Bertz CT molecular complexity index is 4590. The molecule has 136 heavy (non-hydrogen) atoms. The van der Waals surface area contributed by atoms with Crippen molar-refractivity contribution in [3.05, 3.63) is 0 Å². The van der Waals surface area contributed by atoms with Gasteiger partial charge in [0.05, 0.1) is 88.0 Å². The molecule has 13 aliphatic heterocycles. The summed E-state index contributed by atoms with van der Waals surface area (Å²) in [6.07, 6.45) is -5.31. The van der Waals surface area contributed by atoms with Gasteiger partial charge in [-0.15, -0.1) is 0 Å². The number of carbonyl (C=O) groups excluding carboxylic acids is 20. The molecular weight excluding hydrogens is 1790 g/mol. The summed E-state index contributed by atoms with van der Waals surface area (Å²) in [6.45, 7) is -5.62. The standard InChI is InChI=1S/C85H126N22O29/c86-16-2-1-9-52(80(131)102-38-45(109)24-59(102)74(125)90-32-67(117)100-22-8-15-57(100)85(136)107-43-50(114)29-64(107)78(129)94-36-71(121)122)95-65(115)30-88-72(123)60-25-46(110)39-103(60)81(132)53-11-4-18-96(53)68(118)33-91-75(126)62-27-48(112)41-105(62)83(134)55-13-6-20-98(55)70(120)35-93-77(128)63-28-49(113)42-106(63)84(135)56-14-7-21-99(56)69(119)34-92-76(127)61-26-47(111)40-104(61)82(133)54-12-5-19-97(54)66(116)31-89-73(124)58-23-44(108)37-101(58)79(130)51-10-3-17-87-51/h44-64,87,108-114H,1-43,86H2,(H,88,123)(H,89,124)(H,90,125)(H,91,126)(H,92,127)(H,93,128)(H,94,129)(H,95,115)(H,121,122)/t44-,45-,46-,47-,48-,49-,50-,51+,52+,53+,54+,55+,56+,57+,58+,59+,60+,61+,62+,63+,64+/m1/s1. The van der Waals surface area contributed by atoms with Crippen LogP contribution in [0, 0.1) is 0 Å². The highest BCUT2D eigenvalue weighted by molar-refractivity contribution is 6.02. The molecule has 19 N–H and O–H groups in total. The van der Waals surface area contributed by atoms with Crippen LogP contribution in [-0.4, -0.2) is 489 Å². The quantitative estimate of drug-likeness (QED) is 0.0271. The Labute approximate surface area is 780 Å². The maximum absolute atomic E-state index is 14.5. The molecule has 0 spiro atoms. The summed E-state index contributed by atoms with van der Waals surface area (Å²) < 4.78 is 0. The van der Waals surface area contributed by atoms with Crippen molar-refractivity contribution >= 4 is 124 Å². The van der Waals surface area contributed by atoms with Gasteiger partial charge in [0.2, 0.25) is 118 Å². The van der Waals surface area contributed by atoms with E-state index in [1.807, 2.05) is 0 Å². The minimum Gasteiger partial charge on any atom is -0.480 e. The van der Waals surface area contributed by atoms with Crippen molar-refractivity contribution in [3.63, 3.8) is 0 Å². The number of rotatable bonds is 33. The number of amides is 20. The second kappa shape index (κ2) is 45.2. The maximum Gasteiger partial charge on any atom is 0.322 e. The van der Waals surface area contributed by atoms with Crippen LogP contribution in [0.2, 0.25) is 0 Å². The Morgan fingerprint density at radius 3 is 0.779 bits per heavy atom. The van der Waals surface area contributed by atoms with Crippen molar-refractivity contribution < 1.29 is 142 Å². The smallest absolute Gasteiger partial charge is 0.322 e. The van der Waals surface area contributed by atoms with E-state index in [0.29, 0.717) is 51.5 Å². The van der Waals surface area contributed by atoms with Gasteiger partial charge in [0.15, 0.2) is 0 Å². The van der Waals surface area contributed by atoms with Crippen LogP contribution in [0.15, 0.2) is 0 Å². The van der Waals surface area contributed by atoms with Crippen LogP contribution < -0.4 is 53.6 Å². The number of unbranched alkanes of at least 4 members (excludes halogenated alkanes) is 1. The average Bonchev–Trinajstić information content (AvgIpc) is 1.66. The van der Waals surface area contributed by atoms with Crippen molar-refractivity contribution in [3.8, 4) is 0 Å². The Morgan fingerprint density at radius 2 is 0.529 bits per heavy atom. The third kappa shape index (κ3) is 23.5. The largest absolute Gasteiger partial charge is 0.480 e. The van der Waals surface area contributed by atoms with Crippen LogP contribution in [0.3, 0.4) is 0 Å². The van der Waals surface area contributed by atoms with Gasteiger partial charge in [-0.3, -0.25) is 101 Å². The Kier molecular flexibility index (Phi) is 33.9.